The molecule has 0 fully saturated rings. The fraction of sp³-hybridized carbons (Fsp3) is 0.222. The first-order valence-corrected chi connectivity index (χ1v) is 7.74. The molecule has 0 N–H and O–H groups in total. The van der Waals surface area contributed by atoms with Gasteiger partial charge < -0.3 is 18.9 Å². The summed E-state index contributed by atoms with van der Waals surface area (Å²) in [5.41, 5.74) is 0.141. The van der Waals surface area contributed by atoms with Crippen molar-refractivity contribution in [2.75, 3.05) is 27.9 Å². The van der Waals surface area contributed by atoms with Crippen LogP contribution in [-0.4, -0.2) is 39.7 Å². The van der Waals surface area contributed by atoms with Crippen LogP contribution < -0.4 is 14.2 Å². The predicted octanol–water partition coefficient (Wildman–Crippen LogP) is 3.54. The Kier molecular flexibility index (Phi) is 6.41. The second-order valence-corrected chi connectivity index (χ2v) is 5.45. The lowest BCUT2D eigenvalue weighted by molar-refractivity contribution is 0.0474. The van der Waals surface area contributed by atoms with Gasteiger partial charge in [-0.2, -0.15) is 0 Å². The summed E-state index contributed by atoms with van der Waals surface area (Å²) in [7, 11) is 4.12. The van der Waals surface area contributed by atoms with Crippen LogP contribution in [0.15, 0.2) is 30.3 Å². The standard InChI is InChI=1S/C18H16ClFO6/c1-23-15-5-4-10(7-13(15)20)14(21)9-26-18(22)11-6-12(19)17(25-3)16(8-11)24-2/h4-8H,9H2,1-3H3. The van der Waals surface area contributed by atoms with E-state index >= 15 is 0 Å². The number of Topliss-reactive ketones (excluding diaryl/α,β-unsaturated/α-hetero) is 1. The molecule has 2 rings (SSSR count). The van der Waals surface area contributed by atoms with Crippen molar-refractivity contribution in [2.45, 2.75) is 0 Å². The molecule has 0 amide bonds. The maximum atomic E-state index is 13.6. The number of carbonyl (C=O) groups is 2. The maximum Gasteiger partial charge on any atom is 0.338 e. The van der Waals surface area contributed by atoms with Crippen LogP contribution >= 0.6 is 11.6 Å². The van der Waals surface area contributed by atoms with Crippen molar-refractivity contribution in [1.29, 1.82) is 0 Å². The third-order valence-electron chi connectivity index (χ3n) is 3.48. The van der Waals surface area contributed by atoms with Crippen molar-refractivity contribution in [2.24, 2.45) is 0 Å². The number of hydrogen-bond acceptors (Lipinski definition) is 6. The molecule has 138 valence electrons. The Hall–Kier alpha value is -2.80. The first-order valence-electron chi connectivity index (χ1n) is 7.36. The highest BCUT2D eigenvalue weighted by atomic mass is 35.5. The largest absolute Gasteiger partial charge is 0.494 e. The minimum atomic E-state index is -0.782. The van der Waals surface area contributed by atoms with Gasteiger partial charge in [0, 0.05) is 5.56 Å². The topological polar surface area (TPSA) is 71.1 Å². The molecule has 0 aliphatic heterocycles. The van der Waals surface area contributed by atoms with E-state index in [1.54, 1.807) is 0 Å². The van der Waals surface area contributed by atoms with E-state index in [9.17, 15) is 14.0 Å². The molecule has 0 radical (unpaired) electrons. The number of ketones is 1. The van der Waals surface area contributed by atoms with Crippen molar-refractivity contribution in [3.8, 4) is 17.2 Å². The van der Waals surface area contributed by atoms with E-state index in [0.717, 1.165) is 6.07 Å². The van der Waals surface area contributed by atoms with Gasteiger partial charge in [0.15, 0.2) is 35.5 Å². The molecule has 0 aliphatic carbocycles. The fourth-order valence-corrected chi connectivity index (χ4v) is 2.46. The second-order valence-electron chi connectivity index (χ2n) is 5.04. The van der Waals surface area contributed by atoms with E-state index in [4.69, 9.17) is 30.5 Å². The van der Waals surface area contributed by atoms with Crippen molar-refractivity contribution >= 4 is 23.4 Å². The first kappa shape index (κ1) is 19.5. The summed E-state index contributed by atoms with van der Waals surface area (Å²) >= 11 is 6.03. The molecular formula is C18H16ClFO6. The molecule has 0 saturated heterocycles. The highest BCUT2D eigenvalue weighted by Crippen LogP contribution is 2.36. The summed E-state index contributed by atoms with van der Waals surface area (Å²) < 4.78 is 33.6. The summed E-state index contributed by atoms with van der Waals surface area (Å²) in [5.74, 6) is -1.50. The molecule has 0 heterocycles. The molecule has 2 aromatic carbocycles. The lowest BCUT2D eigenvalue weighted by Gasteiger charge is -2.11. The average Bonchev–Trinajstić information content (AvgIpc) is 2.64. The number of halogens is 2. The van der Waals surface area contributed by atoms with Gasteiger partial charge in [-0.15, -0.1) is 0 Å². The van der Waals surface area contributed by atoms with Gasteiger partial charge in [-0.1, -0.05) is 11.6 Å². The highest BCUT2D eigenvalue weighted by molar-refractivity contribution is 6.32. The van der Waals surface area contributed by atoms with Gasteiger partial charge in [0.1, 0.15) is 0 Å². The zero-order valence-corrected chi connectivity index (χ0v) is 15.1. The quantitative estimate of drug-likeness (QED) is 0.538. The van der Waals surface area contributed by atoms with Crippen molar-refractivity contribution in [3.63, 3.8) is 0 Å². The molecule has 0 unspecified atom stereocenters. The van der Waals surface area contributed by atoms with Gasteiger partial charge in [0.2, 0.25) is 0 Å². The Bertz CT molecular complexity index is 837. The SMILES string of the molecule is COc1ccc(C(=O)COC(=O)c2cc(Cl)c(OC)c(OC)c2)cc1F. The van der Waals surface area contributed by atoms with E-state index in [-0.39, 0.29) is 33.4 Å². The predicted molar refractivity (Wildman–Crippen MR) is 92.1 cm³/mol. The van der Waals surface area contributed by atoms with E-state index in [1.807, 2.05) is 0 Å². The highest BCUT2D eigenvalue weighted by Gasteiger charge is 2.18. The molecule has 26 heavy (non-hydrogen) atoms. The van der Waals surface area contributed by atoms with E-state index < -0.39 is 24.2 Å². The molecular weight excluding hydrogens is 367 g/mol. The van der Waals surface area contributed by atoms with Crippen LogP contribution in [0.1, 0.15) is 20.7 Å². The van der Waals surface area contributed by atoms with Gasteiger partial charge in [-0.25, -0.2) is 9.18 Å². The molecule has 8 heteroatoms. The molecule has 0 saturated carbocycles. The molecule has 0 spiro atoms. The monoisotopic (exact) mass is 382 g/mol. The molecule has 0 aliphatic rings. The molecule has 6 nitrogen and oxygen atoms in total. The van der Waals surface area contributed by atoms with Crippen LogP contribution in [0.3, 0.4) is 0 Å². The van der Waals surface area contributed by atoms with Crippen molar-refractivity contribution in [3.05, 3.63) is 52.3 Å². The number of rotatable bonds is 7. The first-order chi connectivity index (χ1) is 12.4. The number of benzene rings is 2. The zero-order valence-electron chi connectivity index (χ0n) is 14.3. The van der Waals surface area contributed by atoms with Gasteiger partial charge in [0.25, 0.3) is 0 Å². The molecule has 0 atom stereocenters. The Morgan fingerprint density at radius 2 is 1.65 bits per heavy atom. The van der Waals surface area contributed by atoms with Gasteiger partial charge >= 0.3 is 5.97 Å². The van der Waals surface area contributed by atoms with E-state index in [0.29, 0.717) is 0 Å². The van der Waals surface area contributed by atoms with Crippen LogP contribution in [0, 0.1) is 5.82 Å². The summed E-state index contributed by atoms with van der Waals surface area (Å²) in [6.07, 6.45) is 0. The third kappa shape index (κ3) is 4.23. The minimum Gasteiger partial charge on any atom is -0.494 e. The number of carbonyl (C=O) groups excluding carboxylic acids is 2. The van der Waals surface area contributed by atoms with Crippen LogP contribution in [0.4, 0.5) is 4.39 Å². The van der Waals surface area contributed by atoms with Gasteiger partial charge in [-0.3, -0.25) is 4.79 Å². The molecule has 0 bridgehead atoms. The van der Waals surface area contributed by atoms with Crippen LogP contribution in [0.25, 0.3) is 0 Å². The number of esters is 1. The van der Waals surface area contributed by atoms with Crippen molar-refractivity contribution in [1.82, 2.24) is 0 Å². The third-order valence-corrected chi connectivity index (χ3v) is 3.76. The summed E-state index contributed by atoms with van der Waals surface area (Å²) in [6.45, 7) is -0.559. The molecule has 2 aromatic rings. The Morgan fingerprint density at radius 1 is 0.962 bits per heavy atom. The van der Waals surface area contributed by atoms with Crippen LogP contribution in [0.5, 0.6) is 17.2 Å². The van der Waals surface area contributed by atoms with Crippen molar-refractivity contribution < 1.29 is 32.9 Å². The normalized spacial score (nSPS) is 10.2. The minimum absolute atomic E-state index is 0.0125. The number of hydrogen-bond donors (Lipinski definition) is 0. The van der Waals surface area contributed by atoms with Gasteiger partial charge in [-0.05, 0) is 30.3 Å². The Balaban J connectivity index is 2.10. The summed E-state index contributed by atoms with van der Waals surface area (Å²) in [4.78, 5) is 24.2. The number of methoxy groups -OCH3 is 3. The number of ether oxygens (including phenoxy) is 4. The van der Waals surface area contributed by atoms with Gasteiger partial charge in [0.05, 0.1) is 31.9 Å². The summed E-state index contributed by atoms with van der Waals surface area (Å²) in [6, 6.07) is 6.43. The Labute approximate surface area is 154 Å². The van der Waals surface area contributed by atoms with Crippen LogP contribution in [0.2, 0.25) is 5.02 Å². The summed E-state index contributed by atoms with van der Waals surface area (Å²) in [5, 5.41) is 0.155. The average molecular weight is 383 g/mol. The fourth-order valence-electron chi connectivity index (χ4n) is 2.17. The molecule has 0 aromatic heterocycles. The zero-order chi connectivity index (χ0) is 19.3. The van der Waals surface area contributed by atoms with E-state index in [1.165, 1.54) is 45.6 Å². The van der Waals surface area contributed by atoms with E-state index in [2.05, 4.69) is 0 Å². The smallest absolute Gasteiger partial charge is 0.338 e. The maximum absolute atomic E-state index is 13.6. The lowest BCUT2D eigenvalue weighted by Crippen LogP contribution is -2.14. The Morgan fingerprint density at radius 3 is 2.23 bits per heavy atom. The van der Waals surface area contributed by atoms with Crippen LogP contribution in [-0.2, 0) is 4.74 Å². The lowest BCUT2D eigenvalue weighted by atomic mass is 10.1. The second kappa shape index (κ2) is 8.53.